The second kappa shape index (κ2) is 6.94. The number of rotatable bonds is 4. The van der Waals surface area contributed by atoms with E-state index in [2.05, 4.69) is 19.2 Å². The summed E-state index contributed by atoms with van der Waals surface area (Å²) in [6.45, 7) is 5.47. The molecule has 2 N–H and O–H groups in total. The van der Waals surface area contributed by atoms with E-state index in [1.165, 1.54) is 6.92 Å². The lowest BCUT2D eigenvalue weighted by Crippen LogP contribution is -2.42. The summed E-state index contributed by atoms with van der Waals surface area (Å²) in [6.07, 6.45) is 4.73. The van der Waals surface area contributed by atoms with Crippen LogP contribution in [0.1, 0.15) is 40.0 Å². The highest BCUT2D eigenvalue weighted by Crippen LogP contribution is 2.23. The topological polar surface area (TPSA) is 93.4 Å². The molecule has 0 aromatic heterocycles. The van der Waals surface area contributed by atoms with Gasteiger partial charge in [0, 0.05) is 18.3 Å². The van der Waals surface area contributed by atoms with Crippen molar-refractivity contribution in [1.82, 2.24) is 10.2 Å². The molecule has 1 fully saturated rings. The van der Waals surface area contributed by atoms with E-state index in [4.69, 9.17) is 10.4 Å². The molecule has 6 nitrogen and oxygen atoms in total. The van der Waals surface area contributed by atoms with Crippen molar-refractivity contribution in [1.29, 1.82) is 5.26 Å². The van der Waals surface area contributed by atoms with Crippen LogP contribution in [0.15, 0.2) is 11.8 Å². The Hall–Kier alpha value is -2.03. The Morgan fingerprint density at radius 2 is 1.95 bits per heavy atom. The molecule has 0 bridgehead atoms. The van der Waals surface area contributed by atoms with E-state index in [1.54, 1.807) is 6.20 Å². The summed E-state index contributed by atoms with van der Waals surface area (Å²) in [5.41, 5.74) is -0.0568. The Bertz CT molecular complexity index is 443. The number of likely N-dealkylation sites (tertiary alicyclic amines) is 1. The molecule has 0 aromatic carbocycles. The highest BCUT2D eigenvalue weighted by atomic mass is 16.4. The summed E-state index contributed by atoms with van der Waals surface area (Å²) in [6, 6.07) is 1.37. The molecule has 0 aromatic rings. The van der Waals surface area contributed by atoms with Gasteiger partial charge in [-0.15, -0.1) is 0 Å². The second-order valence-electron chi connectivity index (χ2n) is 5.26. The van der Waals surface area contributed by atoms with E-state index in [0.29, 0.717) is 0 Å². The largest absolute Gasteiger partial charge is 0.480 e. The molecule has 3 atom stereocenters. The molecule has 0 aliphatic carbocycles. The minimum Gasteiger partial charge on any atom is -0.480 e. The van der Waals surface area contributed by atoms with Crippen molar-refractivity contribution in [2.24, 2.45) is 0 Å². The summed E-state index contributed by atoms with van der Waals surface area (Å²) in [4.78, 5) is 24.6. The third-order valence-electron chi connectivity index (χ3n) is 3.62. The number of carboxylic acids is 1. The van der Waals surface area contributed by atoms with Gasteiger partial charge >= 0.3 is 5.97 Å². The lowest BCUT2D eigenvalue weighted by Gasteiger charge is -2.38. The number of hydrogen-bond acceptors (Lipinski definition) is 4. The molecule has 0 radical (unpaired) electrons. The van der Waals surface area contributed by atoms with E-state index < -0.39 is 17.9 Å². The fourth-order valence-electron chi connectivity index (χ4n) is 2.32. The summed E-state index contributed by atoms with van der Waals surface area (Å²) in [7, 11) is 0. The summed E-state index contributed by atoms with van der Waals surface area (Å²) in [5.74, 6) is -1.78. The molecule has 1 heterocycles. The average Bonchev–Trinajstić information content (AvgIpc) is 2.38. The Labute approximate surface area is 119 Å². The lowest BCUT2D eigenvalue weighted by molar-refractivity contribution is -0.140. The van der Waals surface area contributed by atoms with Crippen LogP contribution in [-0.2, 0) is 9.59 Å². The van der Waals surface area contributed by atoms with Crippen LogP contribution in [0.2, 0.25) is 0 Å². The maximum absolute atomic E-state index is 11.9. The van der Waals surface area contributed by atoms with Crippen LogP contribution >= 0.6 is 0 Å². The van der Waals surface area contributed by atoms with E-state index >= 15 is 0 Å². The summed E-state index contributed by atoms with van der Waals surface area (Å²) >= 11 is 0. The van der Waals surface area contributed by atoms with Crippen molar-refractivity contribution in [3.8, 4) is 6.07 Å². The number of nitrogens with one attached hydrogen (secondary N) is 1. The van der Waals surface area contributed by atoms with Crippen molar-refractivity contribution < 1.29 is 14.7 Å². The normalized spacial score (nSPS) is 24.7. The van der Waals surface area contributed by atoms with Gasteiger partial charge in [-0.3, -0.25) is 9.59 Å². The zero-order chi connectivity index (χ0) is 15.3. The molecule has 1 saturated heterocycles. The third-order valence-corrected chi connectivity index (χ3v) is 3.62. The van der Waals surface area contributed by atoms with Gasteiger partial charge in [-0.25, -0.2) is 0 Å². The minimum atomic E-state index is -1.13. The van der Waals surface area contributed by atoms with E-state index in [9.17, 15) is 9.59 Å². The maximum Gasteiger partial charge on any atom is 0.325 e. The van der Waals surface area contributed by atoms with Gasteiger partial charge in [0.2, 0.25) is 0 Å². The molecule has 1 aliphatic rings. The minimum absolute atomic E-state index is 0.0568. The smallest absolute Gasteiger partial charge is 0.325 e. The number of nitriles is 1. The van der Waals surface area contributed by atoms with Gasteiger partial charge in [-0.2, -0.15) is 5.26 Å². The number of amides is 1. The van der Waals surface area contributed by atoms with Gasteiger partial charge in [0.05, 0.1) is 0 Å². The molecule has 3 unspecified atom stereocenters. The Morgan fingerprint density at radius 3 is 2.40 bits per heavy atom. The van der Waals surface area contributed by atoms with Crippen LogP contribution < -0.4 is 5.32 Å². The Balaban J connectivity index is 2.83. The predicted molar refractivity (Wildman–Crippen MR) is 73.6 cm³/mol. The highest BCUT2D eigenvalue weighted by Gasteiger charge is 2.24. The Kier molecular flexibility index (Phi) is 5.56. The van der Waals surface area contributed by atoms with Gasteiger partial charge < -0.3 is 15.3 Å². The van der Waals surface area contributed by atoms with Crippen LogP contribution in [0.4, 0.5) is 0 Å². The highest BCUT2D eigenvalue weighted by molar-refractivity contribution is 5.99. The first-order valence-electron chi connectivity index (χ1n) is 6.79. The average molecular weight is 279 g/mol. The Morgan fingerprint density at radius 1 is 1.40 bits per heavy atom. The summed E-state index contributed by atoms with van der Waals surface area (Å²) in [5, 5.41) is 20.2. The van der Waals surface area contributed by atoms with Crippen molar-refractivity contribution in [2.75, 3.05) is 0 Å². The number of hydrogen-bond donors (Lipinski definition) is 2. The standard InChI is InChI=1S/C14H21N3O3/c1-9-5-4-6-10(2)17(9)8-12(7-15)13(18)16-11(3)14(19)20/h8-11H,4-6H2,1-3H3,(H,16,18)(H,19,20)/b12-8-. The van der Waals surface area contributed by atoms with Crippen LogP contribution in [-0.4, -0.2) is 40.0 Å². The first kappa shape index (κ1) is 16.0. The molecule has 0 saturated carbocycles. The van der Waals surface area contributed by atoms with Gasteiger partial charge in [0.15, 0.2) is 0 Å². The predicted octanol–water partition coefficient (Wildman–Crippen LogP) is 1.25. The van der Waals surface area contributed by atoms with Gasteiger partial charge in [0.25, 0.3) is 5.91 Å². The molecular weight excluding hydrogens is 258 g/mol. The molecule has 1 rings (SSSR count). The van der Waals surface area contributed by atoms with Gasteiger partial charge in [-0.05, 0) is 40.0 Å². The van der Waals surface area contributed by atoms with Crippen LogP contribution in [0.3, 0.4) is 0 Å². The second-order valence-corrected chi connectivity index (χ2v) is 5.26. The number of aliphatic carboxylic acids is 1. The van der Waals surface area contributed by atoms with Crippen molar-refractivity contribution in [2.45, 2.75) is 58.2 Å². The zero-order valence-electron chi connectivity index (χ0n) is 12.1. The SMILES string of the molecule is CC(NC(=O)/C(C#N)=C\N1C(C)CCCC1C)C(=O)O. The van der Waals surface area contributed by atoms with Crippen molar-refractivity contribution in [3.05, 3.63) is 11.8 Å². The quantitative estimate of drug-likeness (QED) is 0.596. The molecule has 110 valence electrons. The first-order valence-corrected chi connectivity index (χ1v) is 6.79. The first-order chi connectivity index (χ1) is 9.36. The van der Waals surface area contributed by atoms with Crippen LogP contribution in [0.5, 0.6) is 0 Å². The van der Waals surface area contributed by atoms with E-state index in [0.717, 1.165) is 19.3 Å². The molecule has 6 heteroatoms. The molecule has 0 spiro atoms. The van der Waals surface area contributed by atoms with E-state index in [1.807, 2.05) is 11.0 Å². The lowest BCUT2D eigenvalue weighted by atomic mass is 9.98. The molecule has 1 amide bonds. The van der Waals surface area contributed by atoms with Crippen LogP contribution in [0, 0.1) is 11.3 Å². The molecule has 20 heavy (non-hydrogen) atoms. The number of piperidine rings is 1. The zero-order valence-corrected chi connectivity index (χ0v) is 12.1. The maximum atomic E-state index is 11.9. The van der Waals surface area contributed by atoms with Crippen molar-refractivity contribution in [3.63, 3.8) is 0 Å². The van der Waals surface area contributed by atoms with Gasteiger partial charge in [-0.1, -0.05) is 0 Å². The monoisotopic (exact) mass is 279 g/mol. The van der Waals surface area contributed by atoms with Gasteiger partial charge in [0.1, 0.15) is 17.7 Å². The number of carboxylic acid groups (broad SMARTS) is 1. The number of carbonyl (C=O) groups is 2. The molecule has 1 aliphatic heterocycles. The van der Waals surface area contributed by atoms with Crippen LogP contribution in [0.25, 0.3) is 0 Å². The fourth-order valence-corrected chi connectivity index (χ4v) is 2.32. The number of nitrogens with zero attached hydrogens (tertiary/aromatic N) is 2. The van der Waals surface area contributed by atoms with E-state index in [-0.39, 0.29) is 17.7 Å². The third kappa shape index (κ3) is 3.98. The van der Waals surface area contributed by atoms with Crippen molar-refractivity contribution >= 4 is 11.9 Å². The fraction of sp³-hybridized carbons (Fsp3) is 0.643. The summed E-state index contributed by atoms with van der Waals surface area (Å²) < 4.78 is 0. The molecular formula is C14H21N3O3. The number of carbonyl (C=O) groups excluding carboxylic acids is 1.